The largest absolute Gasteiger partial charge is 0.370 e. The van der Waals surface area contributed by atoms with Crippen LogP contribution in [-0.4, -0.2) is 143 Å². The van der Waals surface area contributed by atoms with E-state index in [2.05, 4.69) is 52.2 Å². The number of aliphatic imine (C=N–C) groups is 2. The summed E-state index contributed by atoms with van der Waals surface area (Å²) in [6, 6.07) is 5.83. The Hall–Kier alpha value is -8.25. The van der Waals surface area contributed by atoms with E-state index in [0.29, 0.717) is 24.0 Å². The van der Waals surface area contributed by atoms with Crippen LogP contribution in [0.25, 0.3) is 10.9 Å². The number of aromatic amines is 1. The Bertz CT molecular complexity index is 2560. The van der Waals surface area contributed by atoms with Crippen molar-refractivity contribution in [2.75, 3.05) is 19.6 Å². The number of benzene rings is 2. The highest BCUT2D eigenvalue weighted by molar-refractivity contribution is 5.99. The van der Waals surface area contributed by atoms with Crippen LogP contribution in [0.2, 0.25) is 0 Å². The van der Waals surface area contributed by atoms with Gasteiger partial charge in [0.05, 0.1) is 12.5 Å². The van der Waals surface area contributed by atoms with E-state index in [9.17, 15) is 43.2 Å². The number of carbonyl (C=O) groups is 9. The Kier molecular flexibility index (Phi) is 21.7. The zero-order chi connectivity index (χ0) is 54.6. The molecule has 3 aromatic rings. The quantitative estimate of drug-likeness (QED) is 0.0403. The monoisotopic (exact) mass is 1040 g/mol. The molecule has 75 heavy (non-hydrogen) atoms. The molecule has 0 spiro atoms. The molecule has 3 heterocycles. The van der Waals surface area contributed by atoms with Gasteiger partial charge in [-0.3, -0.25) is 48.1 Å². The minimum absolute atomic E-state index is 0.0325. The SMILES string of the molecule is CCCC[C@H](NC(C)=O)C(=O)N[C@H]1CC(=O)NCCCC[C@@H](C(N)=O)NC(=O)[C@H](Cc2c[nH]c3ccccc23)NC(=O)[C@H](CCCN=C(N)N)NC(=O)[C@@H](Cc2ccccc2)NC(=O)[C@@H]2C[C@H](N=C(N)N)CN2C1=O. The van der Waals surface area contributed by atoms with Crippen LogP contribution in [0.5, 0.6) is 0 Å². The molecule has 0 radical (unpaired) electrons. The van der Waals surface area contributed by atoms with Gasteiger partial charge in [-0.25, -0.2) is 4.99 Å². The number of unbranched alkanes of at least 4 members (excludes halogenated alkanes) is 1. The molecule has 0 saturated carbocycles. The summed E-state index contributed by atoms with van der Waals surface area (Å²) in [5.74, 6) is -7.36. The van der Waals surface area contributed by atoms with Crippen molar-refractivity contribution in [1.29, 1.82) is 0 Å². The number of nitrogens with two attached hydrogens (primary N) is 5. The van der Waals surface area contributed by atoms with Gasteiger partial charge in [-0.05, 0) is 55.7 Å². The number of hydrogen-bond donors (Lipinski definition) is 13. The minimum Gasteiger partial charge on any atom is -0.370 e. The van der Waals surface area contributed by atoms with Crippen LogP contribution in [0, 0.1) is 0 Å². The highest BCUT2D eigenvalue weighted by Crippen LogP contribution is 2.24. The van der Waals surface area contributed by atoms with Gasteiger partial charge in [-0.1, -0.05) is 68.3 Å². The van der Waals surface area contributed by atoms with Crippen LogP contribution in [0.4, 0.5) is 0 Å². The maximum atomic E-state index is 14.8. The Morgan fingerprint density at radius 2 is 1.45 bits per heavy atom. The van der Waals surface area contributed by atoms with E-state index in [4.69, 9.17) is 28.7 Å². The molecule has 1 aromatic heterocycles. The number of H-pyrrole nitrogens is 1. The number of hydrogen-bond acceptors (Lipinski definition) is 11. The van der Waals surface area contributed by atoms with E-state index in [1.54, 1.807) is 36.5 Å². The van der Waals surface area contributed by atoms with Gasteiger partial charge in [0.15, 0.2) is 11.9 Å². The van der Waals surface area contributed by atoms with Crippen molar-refractivity contribution in [2.45, 2.75) is 139 Å². The number of nitrogens with zero attached hydrogens (tertiary/aromatic N) is 3. The Morgan fingerprint density at radius 1 is 0.787 bits per heavy atom. The number of fused-ring (bicyclic) bond motifs is 2. The van der Waals surface area contributed by atoms with Crippen molar-refractivity contribution < 1.29 is 43.2 Å². The summed E-state index contributed by atoms with van der Waals surface area (Å²) in [6.07, 6.45) is 2.89. The molecule has 25 nitrogen and oxygen atoms in total. The summed E-state index contributed by atoms with van der Waals surface area (Å²) < 4.78 is 0. The van der Waals surface area contributed by atoms with E-state index in [1.165, 1.54) is 6.92 Å². The van der Waals surface area contributed by atoms with Gasteiger partial charge in [0.25, 0.3) is 0 Å². The van der Waals surface area contributed by atoms with Gasteiger partial charge >= 0.3 is 0 Å². The molecular formula is C50H72N16O9. The molecule has 9 amide bonds. The second-order valence-corrected chi connectivity index (χ2v) is 18.8. The number of primary amides is 1. The van der Waals surface area contributed by atoms with E-state index < -0.39 is 108 Å². The molecule has 2 aliphatic rings. The molecule has 2 aliphatic heterocycles. The van der Waals surface area contributed by atoms with Crippen LogP contribution in [0.15, 0.2) is 70.8 Å². The number of rotatable bonds is 16. The van der Waals surface area contributed by atoms with Crippen molar-refractivity contribution in [3.05, 3.63) is 71.9 Å². The maximum Gasteiger partial charge on any atom is 0.246 e. The van der Waals surface area contributed by atoms with Crippen LogP contribution >= 0.6 is 0 Å². The number of para-hydroxylation sites is 1. The summed E-state index contributed by atoms with van der Waals surface area (Å²) in [5, 5.41) is 19.8. The third kappa shape index (κ3) is 17.7. The van der Waals surface area contributed by atoms with E-state index in [1.807, 2.05) is 31.2 Å². The molecule has 25 heteroatoms. The minimum atomic E-state index is -1.58. The van der Waals surface area contributed by atoms with Crippen molar-refractivity contribution in [2.24, 2.45) is 38.7 Å². The molecule has 0 aliphatic carbocycles. The van der Waals surface area contributed by atoms with Gasteiger partial charge in [0.1, 0.15) is 42.3 Å². The van der Waals surface area contributed by atoms with Crippen LogP contribution in [0.3, 0.4) is 0 Å². The summed E-state index contributed by atoms with van der Waals surface area (Å²) in [4.78, 5) is 138. The lowest BCUT2D eigenvalue weighted by Gasteiger charge is -2.30. The van der Waals surface area contributed by atoms with Crippen molar-refractivity contribution in [3.8, 4) is 0 Å². The van der Waals surface area contributed by atoms with Gasteiger partial charge in [-0.15, -0.1) is 0 Å². The van der Waals surface area contributed by atoms with Crippen LogP contribution in [0.1, 0.15) is 89.2 Å². The lowest BCUT2D eigenvalue weighted by Crippen LogP contribution is -2.60. The van der Waals surface area contributed by atoms with Crippen LogP contribution < -0.4 is 65.9 Å². The lowest BCUT2D eigenvalue weighted by atomic mass is 10.0. The molecule has 2 aromatic carbocycles. The summed E-state index contributed by atoms with van der Waals surface area (Å²) in [6.45, 7) is 2.99. The molecule has 0 bridgehead atoms. The standard InChI is InChI=1S/C50H72N16O9/c1-3-4-16-35(59-28(2)67)43(70)65-39-25-41(68)56-20-11-10-18-34(42(51)69)61-46(73)38(23-30-26-58-33-17-9-8-15-32(30)33)63-44(71)36(19-12-21-57-49(52)53)62-45(72)37(22-29-13-6-5-7-14-29)64-47(74)40-24-31(60-50(54)55)27-66(40)48(39)75/h5-9,13-15,17,26,31,34-40,58H,3-4,10-12,16,18-25,27H2,1-2H3,(H2,51,69)(H,56,68)(H,59,67)(H,61,73)(H,62,72)(H,63,71)(H,64,74)(H,65,70)(H4,52,53,57)(H4,54,55,60)/t31-,34-,35-,36-,37+,38-,39-,40-/m0/s1. The first-order valence-corrected chi connectivity index (χ1v) is 25.2. The maximum absolute atomic E-state index is 14.8. The van der Waals surface area contributed by atoms with Gasteiger partial charge in [0.2, 0.25) is 53.2 Å². The Morgan fingerprint density at radius 3 is 2.15 bits per heavy atom. The number of nitrogens with one attached hydrogen (secondary N) is 8. The topological polar surface area (TPSA) is 412 Å². The fraction of sp³-hybridized carbons (Fsp3) is 0.500. The second-order valence-electron chi connectivity index (χ2n) is 18.8. The fourth-order valence-corrected chi connectivity index (χ4v) is 9.10. The molecule has 2 fully saturated rings. The zero-order valence-electron chi connectivity index (χ0n) is 42.4. The highest BCUT2D eigenvalue weighted by Gasteiger charge is 2.44. The smallest absolute Gasteiger partial charge is 0.246 e. The third-order valence-electron chi connectivity index (χ3n) is 12.9. The normalized spacial score (nSPS) is 23.0. The number of amides is 9. The predicted molar refractivity (Wildman–Crippen MR) is 279 cm³/mol. The van der Waals surface area contributed by atoms with Crippen molar-refractivity contribution in [3.63, 3.8) is 0 Å². The van der Waals surface area contributed by atoms with Gasteiger partial charge in [0, 0.05) is 62.9 Å². The Balaban J connectivity index is 1.57. The number of guanidine groups is 2. The second kappa shape index (κ2) is 28.3. The average Bonchev–Trinajstić information content (AvgIpc) is 3.98. The van der Waals surface area contributed by atoms with Gasteiger partial charge in [-0.2, -0.15) is 0 Å². The van der Waals surface area contributed by atoms with Crippen molar-refractivity contribution >= 4 is 76.0 Å². The first-order chi connectivity index (χ1) is 35.8. The molecule has 5 rings (SSSR count). The molecule has 406 valence electrons. The fourth-order valence-electron chi connectivity index (χ4n) is 9.10. The number of aromatic nitrogens is 1. The molecular weight excluding hydrogens is 969 g/mol. The van der Waals surface area contributed by atoms with E-state index in [-0.39, 0.29) is 89.3 Å². The van der Waals surface area contributed by atoms with Gasteiger partial charge < -0.3 is 75.8 Å². The first-order valence-electron chi connectivity index (χ1n) is 25.2. The molecule has 2 saturated heterocycles. The van der Waals surface area contributed by atoms with Crippen LogP contribution in [-0.2, 0) is 56.0 Å². The predicted octanol–water partition coefficient (Wildman–Crippen LogP) is -2.46. The summed E-state index contributed by atoms with van der Waals surface area (Å²) in [5.41, 5.74) is 30.6. The lowest BCUT2D eigenvalue weighted by molar-refractivity contribution is -0.143. The first kappa shape index (κ1) is 57.6. The average molecular weight is 1040 g/mol. The highest BCUT2D eigenvalue weighted by atomic mass is 16.2. The Labute approximate surface area is 434 Å². The molecule has 8 atom stereocenters. The molecule has 0 unspecified atom stereocenters. The number of carbonyl (C=O) groups excluding carboxylic acids is 9. The van der Waals surface area contributed by atoms with Crippen molar-refractivity contribution in [1.82, 2.24) is 47.1 Å². The summed E-state index contributed by atoms with van der Waals surface area (Å²) >= 11 is 0. The van der Waals surface area contributed by atoms with E-state index >= 15 is 0 Å². The summed E-state index contributed by atoms with van der Waals surface area (Å²) in [7, 11) is 0. The molecule has 18 N–H and O–H groups in total. The zero-order valence-corrected chi connectivity index (χ0v) is 42.4. The third-order valence-corrected chi connectivity index (χ3v) is 12.9. The van der Waals surface area contributed by atoms with E-state index in [0.717, 1.165) is 15.8 Å².